The van der Waals surface area contributed by atoms with Crippen LogP contribution in [0.15, 0.2) is 17.1 Å². The number of nitrogens with two attached hydrogens (primary N) is 2. The number of hydrogen-bond donors (Lipinski definition) is 2. The van der Waals surface area contributed by atoms with Gasteiger partial charge in [-0.2, -0.15) is 0 Å². The summed E-state index contributed by atoms with van der Waals surface area (Å²) in [5.74, 6) is 5.50. The number of thiazole rings is 2. The zero-order chi connectivity index (χ0) is 10.6. The lowest BCUT2D eigenvalue weighted by atomic mass is 10.4. The lowest BCUT2D eigenvalue weighted by Crippen LogP contribution is -3.00. The molecule has 0 radical (unpaired) electrons. The van der Waals surface area contributed by atoms with Gasteiger partial charge in [0.15, 0.2) is 6.20 Å². The summed E-state index contributed by atoms with van der Waals surface area (Å²) in [4.78, 5) is 4.06. The van der Waals surface area contributed by atoms with Crippen molar-refractivity contribution in [3.63, 3.8) is 0 Å². The molecule has 2 aromatic heterocycles. The fourth-order valence-electron chi connectivity index (χ4n) is 0.811. The van der Waals surface area contributed by atoms with Crippen LogP contribution in [-0.2, 0) is 0 Å². The van der Waals surface area contributed by atoms with Crippen molar-refractivity contribution < 1.29 is 43.6 Å². The van der Waals surface area contributed by atoms with Crippen LogP contribution < -0.4 is 55.2 Å². The normalized spacial score (nSPS) is 8.12. The minimum Gasteiger partial charge on any atom is -1.00 e. The van der Waals surface area contributed by atoms with Crippen LogP contribution in [0.25, 0.3) is 0 Å². The first-order chi connectivity index (χ1) is 6.63. The zero-order valence-electron chi connectivity index (χ0n) is 8.91. The van der Waals surface area contributed by atoms with Crippen LogP contribution in [0, 0.1) is 13.8 Å². The molecule has 2 rings (SSSR count). The summed E-state index contributed by atoms with van der Waals surface area (Å²) in [5, 5.41) is 2.64. The van der Waals surface area contributed by atoms with Gasteiger partial charge in [0.1, 0.15) is 5.69 Å². The van der Waals surface area contributed by atoms with Crippen molar-refractivity contribution in [2.24, 2.45) is 0 Å². The number of nitrogens with zero attached hydrogens (tertiary/aromatic N) is 1. The molecule has 8 heteroatoms. The highest BCUT2D eigenvalue weighted by atomic mass is 79.9. The van der Waals surface area contributed by atoms with E-state index in [9.17, 15) is 0 Å². The summed E-state index contributed by atoms with van der Waals surface area (Å²) in [5.41, 5.74) is 8.45. The molecule has 0 fully saturated rings. The predicted molar refractivity (Wildman–Crippen MR) is 59.4 cm³/mol. The average molecular weight is 390 g/mol. The molecular formula is C8H14Br2N4S2. The Labute approximate surface area is 124 Å². The van der Waals surface area contributed by atoms with Crippen molar-refractivity contribution in [3.8, 4) is 0 Å². The molecule has 0 aromatic carbocycles. The first-order valence-corrected chi connectivity index (χ1v) is 5.79. The van der Waals surface area contributed by atoms with Crippen LogP contribution in [0.3, 0.4) is 0 Å². The maximum absolute atomic E-state index is 5.50. The number of aromatic nitrogens is 2. The topological polar surface area (TPSA) is 70.1 Å². The molecule has 5 N–H and O–H groups in total. The fourth-order valence-corrected chi connectivity index (χ4v) is 2.00. The van der Waals surface area contributed by atoms with Crippen LogP contribution in [0.2, 0.25) is 0 Å². The number of halogens is 2. The first-order valence-electron chi connectivity index (χ1n) is 4.03. The minimum atomic E-state index is 0. The van der Waals surface area contributed by atoms with Gasteiger partial charge in [-0.05, 0) is 18.3 Å². The fraction of sp³-hybridized carbons (Fsp3) is 0.250. The second kappa shape index (κ2) is 8.91. The van der Waals surface area contributed by atoms with E-state index in [2.05, 4.69) is 4.98 Å². The summed E-state index contributed by atoms with van der Waals surface area (Å²) in [7, 11) is 0. The smallest absolute Gasteiger partial charge is 0.355 e. The zero-order valence-corrected chi connectivity index (χ0v) is 13.7. The van der Waals surface area contributed by atoms with Gasteiger partial charge in [0.05, 0.1) is 10.3 Å². The lowest BCUT2D eigenvalue weighted by Gasteiger charge is -1.86. The molecule has 0 saturated heterocycles. The second-order valence-electron chi connectivity index (χ2n) is 2.68. The van der Waals surface area contributed by atoms with E-state index in [0.717, 1.165) is 5.69 Å². The summed E-state index contributed by atoms with van der Waals surface area (Å²) in [6.07, 6.45) is 1.89. The molecule has 0 amide bonds. The van der Waals surface area contributed by atoms with E-state index < -0.39 is 0 Å². The Morgan fingerprint density at radius 3 is 2.06 bits per heavy atom. The van der Waals surface area contributed by atoms with Crippen LogP contribution in [-0.4, -0.2) is 0 Å². The molecule has 0 aliphatic rings. The van der Waals surface area contributed by atoms with E-state index in [4.69, 9.17) is 11.6 Å². The van der Waals surface area contributed by atoms with Gasteiger partial charge < -0.3 is 34.0 Å². The van der Waals surface area contributed by atoms with Crippen LogP contribution in [0.1, 0.15) is 10.6 Å². The van der Waals surface area contributed by atoms with Gasteiger partial charge in [0, 0.05) is 6.92 Å². The van der Waals surface area contributed by atoms with Crippen molar-refractivity contribution in [2.45, 2.75) is 13.8 Å². The van der Waals surface area contributed by atoms with E-state index in [0.29, 0.717) is 5.13 Å². The Hall–Kier alpha value is -0.180. The summed E-state index contributed by atoms with van der Waals surface area (Å²) < 4.78 is 1.50. The van der Waals surface area contributed by atoms with Crippen molar-refractivity contribution in [1.82, 2.24) is 0 Å². The minimum absolute atomic E-state index is 0. The number of aryl methyl sites for hydroxylation is 1. The van der Waals surface area contributed by atoms with Gasteiger partial charge in [-0.1, -0.05) is 11.3 Å². The van der Waals surface area contributed by atoms with Crippen LogP contribution in [0.5, 0.6) is 0 Å². The van der Waals surface area contributed by atoms with Gasteiger partial charge in [-0.15, -0.1) is 4.68 Å². The van der Waals surface area contributed by atoms with E-state index >= 15 is 0 Å². The highest BCUT2D eigenvalue weighted by molar-refractivity contribution is 7.15. The Morgan fingerprint density at radius 2 is 1.94 bits per heavy atom. The number of anilines is 1. The highest BCUT2D eigenvalue weighted by Gasteiger charge is 2.10. The third kappa shape index (κ3) is 5.24. The van der Waals surface area contributed by atoms with Crippen LogP contribution in [0.4, 0.5) is 5.13 Å². The molecule has 0 atom stereocenters. The lowest BCUT2D eigenvalue weighted by molar-refractivity contribution is -0.626. The Bertz CT molecular complexity index is 349. The van der Waals surface area contributed by atoms with Crippen molar-refractivity contribution in [2.75, 3.05) is 11.6 Å². The molecule has 16 heavy (non-hydrogen) atoms. The largest absolute Gasteiger partial charge is 1.00 e. The molecule has 0 bridgehead atoms. The predicted octanol–water partition coefficient (Wildman–Crippen LogP) is -5.48. The summed E-state index contributed by atoms with van der Waals surface area (Å²) in [6.45, 7) is 3.95. The van der Waals surface area contributed by atoms with E-state index in [-0.39, 0.29) is 34.0 Å². The molecule has 4 nitrogen and oxygen atoms in total. The van der Waals surface area contributed by atoms with E-state index in [1.54, 1.807) is 11.3 Å². The van der Waals surface area contributed by atoms with E-state index in [1.807, 2.05) is 30.9 Å². The number of nitrogens with one attached hydrogen (secondary N) is 1. The second-order valence-corrected chi connectivity index (χ2v) is 4.69. The molecule has 0 unspecified atom stereocenters. The highest BCUT2D eigenvalue weighted by Crippen LogP contribution is 2.13. The number of nitrogen functional groups attached to an aromatic ring is 2. The van der Waals surface area contributed by atoms with E-state index in [1.165, 1.54) is 20.9 Å². The van der Waals surface area contributed by atoms with Crippen molar-refractivity contribution in [1.29, 1.82) is 0 Å². The molecule has 0 aliphatic heterocycles. The van der Waals surface area contributed by atoms with Gasteiger partial charge in [0.2, 0.25) is 5.51 Å². The van der Waals surface area contributed by atoms with Gasteiger partial charge in [-0.3, -0.25) is 11.6 Å². The molecule has 2 aromatic rings. The van der Waals surface area contributed by atoms with Crippen molar-refractivity contribution >= 4 is 27.8 Å². The average Bonchev–Trinajstić information content (AvgIpc) is 2.78. The SMILES string of the molecule is Cc1sc(N)[n+](N)c1C.[Br-].[Br-].c1csc[nH+]1. The quantitative estimate of drug-likeness (QED) is 0.348. The summed E-state index contributed by atoms with van der Waals surface area (Å²) in [6, 6.07) is 0. The van der Waals surface area contributed by atoms with Gasteiger partial charge >= 0.3 is 5.13 Å². The Kier molecular flexibility index (Phi) is 10.1. The number of rotatable bonds is 0. The molecular weight excluding hydrogens is 376 g/mol. The van der Waals surface area contributed by atoms with Crippen molar-refractivity contribution in [3.05, 3.63) is 27.7 Å². The summed E-state index contributed by atoms with van der Waals surface area (Å²) >= 11 is 3.17. The monoisotopic (exact) mass is 388 g/mol. The first kappa shape index (κ1) is 18.2. The Balaban J connectivity index is 0. The maximum atomic E-state index is 5.50. The number of hydrogen-bond acceptors (Lipinski definition) is 4. The Morgan fingerprint density at radius 1 is 1.31 bits per heavy atom. The molecule has 0 saturated carbocycles. The number of H-pyrrole nitrogens is 1. The standard InChI is InChI=1S/C5H9N3S.C3H3NS.2BrH/c1-3-4(2)9-5(6)8(3)7;1-2-5-3-4-1;;/h6H,7H2,1-2H3;1-3H;2*1H. The molecule has 0 aliphatic carbocycles. The van der Waals surface area contributed by atoms with Gasteiger partial charge in [-0.25, -0.2) is 4.98 Å². The molecule has 0 spiro atoms. The third-order valence-electron chi connectivity index (χ3n) is 1.74. The maximum Gasteiger partial charge on any atom is 0.355 e. The third-order valence-corrected chi connectivity index (χ3v) is 3.32. The van der Waals surface area contributed by atoms with Crippen LogP contribution >= 0.6 is 22.7 Å². The molecule has 92 valence electrons. The number of aromatic amines is 1. The molecule has 2 heterocycles. The van der Waals surface area contributed by atoms with Gasteiger partial charge in [0.25, 0.3) is 0 Å².